The smallest absolute Gasteiger partial charge is 0.274 e. The molecule has 0 spiro atoms. The number of aromatic nitrogens is 1. The molecule has 0 aliphatic rings. The first-order chi connectivity index (χ1) is 7.40. The van der Waals surface area contributed by atoms with E-state index >= 15 is 0 Å². The van der Waals surface area contributed by atoms with Crippen LogP contribution in [0.4, 0.5) is 13.2 Å². The molecule has 1 aromatic heterocycles. The molecule has 0 aliphatic heterocycles. The third-order valence-corrected chi connectivity index (χ3v) is 2.17. The summed E-state index contributed by atoms with van der Waals surface area (Å²) in [6.07, 6.45) is 1.99. The molecule has 0 saturated heterocycles. The van der Waals surface area contributed by atoms with Gasteiger partial charge in [-0.1, -0.05) is 5.92 Å². The molecule has 0 saturated carbocycles. The van der Waals surface area contributed by atoms with Crippen molar-refractivity contribution in [2.24, 2.45) is 0 Å². The Hall–Kier alpha value is -1.70. The number of hydrogen-bond donors (Lipinski definition) is 0. The summed E-state index contributed by atoms with van der Waals surface area (Å²) in [5.74, 6) is 2.18. The highest BCUT2D eigenvalue weighted by Gasteiger charge is 2.42. The van der Waals surface area contributed by atoms with Gasteiger partial charge in [-0.25, -0.2) is 0 Å². The van der Waals surface area contributed by atoms with Crippen molar-refractivity contribution < 1.29 is 22.7 Å². The van der Waals surface area contributed by atoms with Crippen molar-refractivity contribution in [2.75, 3.05) is 7.11 Å². The van der Waals surface area contributed by atoms with E-state index in [0.717, 1.165) is 6.07 Å². The molecule has 5 heteroatoms. The monoisotopic (exact) mass is 230 g/mol. The lowest BCUT2D eigenvalue weighted by molar-refractivity contribution is -0.896. The Balaban J connectivity index is 3.23. The molecule has 1 heterocycles. The first-order valence-corrected chi connectivity index (χ1v) is 4.53. The summed E-state index contributed by atoms with van der Waals surface area (Å²) < 4.78 is 38.2. The fraction of sp³-hybridized carbons (Fsp3) is 0.364. The number of halogens is 3. The topological polar surface area (TPSA) is 13.1 Å². The molecule has 0 fully saturated rings. The zero-order chi connectivity index (χ0) is 12.3. The van der Waals surface area contributed by atoms with Gasteiger partial charge in [0.05, 0.1) is 0 Å². The molecule has 16 heavy (non-hydrogen) atoms. The number of pyridine rings is 1. The van der Waals surface area contributed by atoms with Crippen LogP contribution in [-0.2, 0) is 6.18 Å². The molecule has 0 amide bonds. The van der Waals surface area contributed by atoms with Gasteiger partial charge in [0.15, 0.2) is 0 Å². The average Bonchev–Trinajstić information content (AvgIpc) is 2.25. The van der Waals surface area contributed by atoms with Crippen molar-refractivity contribution in [3.63, 3.8) is 0 Å². The molecular weight excluding hydrogens is 219 g/mol. The minimum absolute atomic E-state index is 0.260. The van der Waals surface area contributed by atoms with Crippen LogP contribution < -0.4 is 9.57 Å². The number of alkyl halides is 3. The SMILES string of the molecule is C#CC(C)c1ccc(C(F)(F)F)[n+](OC)c1. The summed E-state index contributed by atoms with van der Waals surface area (Å²) in [5, 5.41) is 0. The van der Waals surface area contributed by atoms with Crippen molar-refractivity contribution in [3.8, 4) is 12.3 Å². The Morgan fingerprint density at radius 3 is 2.50 bits per heavy atom. The second kappa shape index (κ2) is 4.44. The Labute approximate surface area is 91.6 Å². The predicted molar refractivity (Wildman–Crippen MR) is 51.4 cm³/mol. The Kier molecular flexibility index (Phi) is 3.43. The molecule has 86 valence electrons. The maximum atomic E-state index is 12.5. The van der Waals surface area contributed by atoms with Crippen LogP contribution in [0, 0.1) is 12.3 Å². The second-order valence-corrected chi connectivity index (χ2v) is 3.24. The first kappa shape index (κ1) is 12.4. The van der Waals surface area contributed by atoms with Gasteiger partial charge in [0.2, 0.25) is 6.20 Å². The molecule has 1 atom stereocenters. The maximum Gasteiger partial charge on any atom is 0.482 e. The summed E-state index contributed by atoms with van der Waals surface area (Å²) in [5.41, 5.74) is -0.277. The summed E-state index contributed by atoms with van der Waals surface area (Å²) >= 11 is 0. The van der Waals surface area contributed by atoms with Gasteiger partial charge in [0, 0.05) is 22.3 Å². The van der Waals surface area contributed by atoms with Crippen LogP contribution in [0.5, 0.6) is 0 Å². The number of nitrogens with zero attached hydrogens (tertiary/aromatic N) is 1. The van der Waals surface area contributed by atoms with Gasteiger partial charge in [-0.2, -0.15) is 13.2 Å². The zero-order valence-electron chi connectivity index (χ0n) is 8.88. The molecule has 2 nitrogen and oxygen atoms in total. The van der Waals surface area contributed by atoms with Crippen LogP contribution >= 0.6 is 0 Å². The fourth-order valence-corrected chi connectivity index (χ4v) is 1.22. The van der Waals surface area contributed by atoms with Gasteiger partial charge in [-0.3, -0.25) is 4.84 Å². The third kappa shape index (κ3) is 2.45. The molecule has 1 rings (SSSR count). The van der Waals surface area contributed by atoms with Gasteiger partial charge >= 0.3 is 11.9 Å². The summed E-state index contributed by atoms with van der Waals surface area (Å²) in [6, 6.07) is 2.30. The van der Waals surface area contributed by atoms with E-state index in [4.69, 9.17) is 6.42 Å². The lowest BCUT2D eigenvalue weighted by atomic mass is 10.0. The van der Waals surface area contributed by atoms with Gasteiger partial charge in [-0.05, 0) is 13.0 Å². The average molecular weight is 230 g/mol. The maximum absolute atomic E-state index is 12.5. The first-order valence-electron chi connectivity index (χ1n) is 4.53. The van der Waals surface area contributed by atoms with Crippen molar-refractivity contribution >= 4 is 0 Å². The Bertz CT molecular complexity index is 420. The van der Waals surface area contributed by atoms with E-state index in [1.165, 1.54) is 19.4 Å². The highest BCUT2D eigenvalue weighted by atomic mass is 19.4. The van der Waals surface area contributed by atoms with Gasteiger partial charge in [-0.15, -0.1) is 6.42 Å². The van der Waals surface area contributed by atoms with Crippen LogP contribution in [0.2, 0.25) is 0 Å². The minimum Gasteiger partial charge on any atom is -0.274 e. The standard InChI is InChI=1S/C11H11F3NO/c1-4-8(2)9-5-6-10(11(12,13)14)15(7-9)16-3/h1,5-8H,2-3H3/q+1. The summed E-state index contributed by atoms with van der Waals surface area (Å²) in [4.78, 5) is 4.64. The molecule has 0 N–H and O–H groups in total. The molecular formula is C11H11F3NO+. The van der Waals surface area contributed by atoms with Crippen molar-refractivity contribution in [2.45, 2.75) is 19.0 Å². The summed E-state index contributed by atoms with van der Waals surface area (Å²) in [7, 11) is 1.17. The highest BCUT2D eigenvalue weighted by Crippen LogP contribution is 2.27. The van der Waals surface area contributed by atoms with E-state index in [9.17, 15) is 13.2 Å². The van der Waals surface area contributed by atoms with Crippen LogP contribution in [0.3, 0.4) is 0 Å². The van der Waals surface area contributed by atoms with E-state index in [2.05, 4.69) is 10.8 Å². The minimum atomic E-state index is -4.45. The van der Waals surface area contributed by atoms with Crippen LogP contribution in [0.15, 0.2) is 18.3 Å². The lowest BCUT2D eigenvalue weighted by Gasteiger charge is -2.07. The van der Waals surface area contributed by atoms with E-state index in [1.807, 2.05) is 0 Å². The normalized spacial score (nSPS) is 13.0. The van der Waals surface area contributed by atoms with E-state index in [-0.39, 0.29) is 5.92 Å². The Morgan fingerprint density at radius 1 is 1.44 bits per heavy atom. The van der Waals surface area contributed by atoms with E-state index < -0.39 is 11.9 Å². The van der Waals surface area contributed by atoms with Crippen LogP contribution in [0.25, 0.3) is 0 Å². The highest BCUT2D eigenvalue weighted by molar-refractivity contribution is 5.22. The second-order valence-electron chi connectivity index (χ2n) is 3.24. The molecule has 0 aliphatic carbocycles. The fourth-order valence-electron chi connectivity index (χ4n) is 1.22. The number of rotatable bonds is 2. The molecule has 0 aromatic carbocycles. The zero-order valence-corrected chi connectivity index (χ0v) is 8.88. The number of terminal acetylenes is 1. The Morgan fingerprint density at radius 2 is 2.06 bits per heavy atom. The van der Waals surface area contributed by atoms with Gasteiger partial charge in [0.25, 0.3) is 0 Å². The van der Waals surface area contributed by atoms with E-state index in [0.29, 0.717) is 10.3 Å². The van der Waals surface area contributed by atoms with Crippen LogP contribution in [0.1, 0.15) is 24.1 Å². The summed E-state index contributed by atoms with van der Waals surface area (Å²) in [6.45, 7) is 1.72. The van der Waals surface area contributed by atoms with Gasteiger partial charge in [0.1, 0.15) is 7.11 Å². The largest absolute Gasteiger partial charge is 0.482 e. The van der Waals surface area contributed by atoms with E-state index in [1.54, 1.807) is 6.92 Å². The van der Waals surface area contributed by atoms with Crippen molar-refractivity contribution in [3.05, 3.63) is 29.6 Å². The molecule has 0 radical (unpaired) electrons. The third-order valence-electron chi connectivity index (χ3n) is 2.17. The quantitative estimate of drug-likeness (QED) is 0.557. The lowest BCUT2D eigenvalue weighted by Crippen LogP contribution is -2.47. The molecule has 1 aromatic rings. The van der Waals surface area contributed by atoms with Gasteiger partial charge < -0.3 is 0 Å². The molecule has 0 bridgehead atoms. The predicted octanol–water partition coefficient (Wildman–Crippen LogP) is 1.79. The molecule has 1 unspecified atom stereocenters. The van der Waals surface area contributed by atoms with Crippen LogP contribution in [-0.4, -0.2) is 7.11 Å². The van der Waals surface area contributed by atoms with Crippen molar-refractivity contribution in [1.82, 2.24) is 0 Å². The van der Waals surface area contributed by atoms with Crippen molar-refractivity contribution in [1.29, 1.82) is 0 Å². The number of hydrogen-bond acceptors (Lipinski definition) is 1.